The van der Waals surface area contributed by atoms with Gasteiger partial charge in [-0.3, -0.25) is 4.79 Å². The molecule has 2 aromatic rings. The summed E-state index contributed by atoms with van der Waals surface area (Å²) in [7, 11) is 0. The molecule has 1 aliphatic heterocycles. The highest BCUT2D eigenvalue weighted by Crippen LogP contribution is 2.21. The third-order valence-corrected chi connectivity index (χ3v) is 3.89. The Bertz CT molecular complexity index is 654. The van der Waals surface area contributed by atoms with Gasteiger partial charge in [0.25, 0.3) is 5.91 Å². The van der Waals surface area contributed by atoms with E-state index in [0.29, 0.717) is 17.3 Å². The summed E-state index contributed by atoms with van der Waals surface area (Å²) in [5.74, 6) is -0.135. The van der Waals surface area contributed by atoms with Crippen LogP contribution in [-0.4, -0.2) is 30.1 Å². The minimum absolute atomic E-state index is 0.117. The smallest absolute Gasteiger partial charge is 0.252 e. The second kappa shape index (κ2) is 6.41. The number of amides is 1. The van der Waals surface area contributed by atoms with Crippen molar-refractivity contribution in [1.29, 1.82) is 0 Å². The van der Waals surface area contributed by atoms with Gasteiger partial charge >= 0.3 is 0 Å². The number of pyridine rings is 1. The zero-order valence-corrected chi connectivity index (χ0v) is 12.4. The number of ether oxygens (including phenoxy) is 1. The molecule has 0 aliphatic carbocycles. The van der Waals surface area contributed by atoms with E-state index in [2.05, 4.69) is 10.3 Å². The summed E-state index contributed by atoms with van der Waals surface area (Å²) in [6.07, 6.45) is 3.38. The molecule has 3 rings (SSSR count). The highest BCUT2D eigenvalue weighted by molar-refractivity contribution is 6.30. The number of nitrogens with zero attached hydrogens (tertiary/aromatic N) is 1. The number of carbonyl (C=O) groups is 1. The molecule has 1 fully saturated rings. The van der Waals surface area contributed by atoms with Crippen molar-refractivity contribution < 1.29 is 9.53 Å². The number of hydrogen-bond acceptors (Lipinski definition) is 3. The number of para-hydroxylation sites is 1. The van der Waals surface area contributed by atoms with Crippen molar-refractivity contribution in [3.8, 4) is 0 Å². The van der Waals surface area contributed by atoms with Crippen LogP contribution >= 0.6 is 11.6 Å². The molecule has 1 aromatic carbocycles. The van der Waals surface area contributed by atoms with Gasteiger partial charge in [0.1, 0.15) is 5.15 Å². The topological polar surface area (TPSA) is 51.2 Å². The lowest BCUT2D eigenvalue weighted by Gasteiger charge is -2.22. The zero-order chi connectivity index (χ0) is 14.7. The van der Waals surface area contributed by atoms with Crippen molar-refractivity contribution in [3.63, 3.8) is 0 Å². The summed E-state index contributed by atoms with van der Waals surface area (Å²) in [5.41, 5.74) is 1.28. The van der Waals surface area contributed by atoms with Crippen LogP contribution in [0, 0.1) is 0 Å². The number of carbonyl (C=O) groups excluding carboxylic acids is 1. The third kappa shape index (κ3) is 3.34. The summed E-state index contributed by atoms with van der Waals surface area (Å²) in [6.45, 7) is 1.32. The quantitative estimate of drug-likeness (QED) is 0.886. The van der Waals surface area contributed by atoms with Crippen molar-refractivity contribution in [1.82, 2.24) is 10.3 Å². The first-order valence-corrected chi connectivity index (χ1v) is 7.57. The van der Waals surface area contributed by atoms with Gasteiger partial charge in [-0.2, -0.15) is 0 Å². The van der Waals surface area contributed by atoms with E-state index in [1.165, 1.54) is 0 Å². The Morgan fingerprint density at radius 1 is 1.38 bits per heavy atom. The summed E-state index contributed by atoms with van der Waals surface area (Å²) in [6, 6.07) is 9.11. The van der Waals surface area contributed by atoms with Crippen LogP contribution < -0.4 is 5.32 Å². The minimum atomic E-state index is -0.135. The van der Waals surface area contributed by atoms with Gasteiger partial charge in [0, 0.05) is 18.5 Å². The fourth-order valence-corrected chi connectivity index (χ4v) is 2.80. The van der Waals surface area contributed by atoms with E-state index in [1.807, 2.05) is 24.3 Å². The van der Waals surface area contributed by atoms with E-state index < -0.39 is 0 Å². The van der Waals surface area contributed by atoms with Gasteiger partial charge in [-0.15, -0.1) is 0 Å². The Morgan fingerprint density at radius 2 is 2.24 bits per heavy atom. The van der Waals surface area contributed by atoms with Crippen LogP contribution in [0.15, 0.2) is 30.3 Å². The van der Waals surface area contributed by atoms with Crippen LogP contribution in [0.5, 0.6) is 0 Å². The first-order valence-electron chi connectivity index (χ1n) is 7.19. The Balaban J connectivity index is 1.77. The number of halogens is 1. The highest BCUT2D eigenvalue weighted by Gasteiger charge is 2.17. The van der Waals surface area contributed by atoms with Gasteiger partial charge in [0.15, 0.2) is 0 Å². The first kappa shape index (κ1) is 14.3. The van der Waals surface area contributed by atoms with Crippen LogP contribution in [0.1, 0.15) is 29.6 Å². The molecule has 1 unspecified atom stereocenters. The lowest BCUT2D eigenvalue weighted by Crippen LogP contribution is -2.35. The Labute approximate surface area is 128 Å². The largest absolute Gasteiger partial charge is 0.376 e. The molecular formula is C16H17ClN2O2. The molecule has 0 radical (unpaired) electrons. The fraction of sp³-hybridized carbons (Fsp3) is 0.375. The maximum absolute atomic E-state index is 12.4. The van der Waals surface area contributed by atoms with Crippen molar-refractivity contribution in [2.24, 2.45) is 0 Å². The number of fused-ring (bicyclic) bond motifs is 1. The standard InChI is InChI=1S/C16H17ClN2O2/c17-15-9-13(12-6-1-2-7-14(12)19-15)16(20)18-10-11-5-3-4-8-21-11/h1-2,6-7,9,11H,3-5,8,10H2,(H,18,20). The molecule has 5 heteroatoms. The SMILES string of the molecule is O=C(NCC1CCCCO1)c1cc(Cl)nc2ccccc12. The number of hydrogen-bond donors (Lipinski definition) is 1. The molecule has 4 nitrogen and oxygen atoms in total. The van der Waals surface area contributed by atoms with Crippen molar-refractivity contribution in [2.45, 2.75) is 25.4 Å². The van der Waals surface area contributed by atoms with Gasteiger partial charge < -0.3 is 10.1 Å². The molecule has 0 spiro atoms. The molecule has 1 aliphatic rings. The lowest BCUT2D eigenvalue weighted by molar-refractivity contribution is 0.0169. The van der Waals surface area contributed by atoms with E-state index in [-0.39, 0.29) is 12.0 Å². The minimum Gasteiger partial charge on any atom is -0.376 e. The maximum Gasteiger partial charge on any atom is 0.252 e. The van der Waals surface area contributed by atoms with Crippen LogP contribution in [0.2, 0.25) is 5.15 Å². The molecular weight excluding hydrogens is 288 g/mol. The van der Waals surface area contributed by atoms with E-state index in [0.717, 1.165) is 36.8 Å². The van der Waals surface area contributed by atoms with Crippen molar-refractivity contribution in [2.75, 3.05) is 13.2 Å². The van der Waals surface area contributed by atoms with E-state index in [1.54, 1.807) is 6.07 Å². The van der Waals surface area contributed by atoms with Gasteiger partial charge in [-0.1, -0.05) is 29.8 Å². The molecule has 2 heterocycles. The van der Waals surface area contributed by atoms with Crippen LogP contribution in [0.4, 0.5) is 0 Å². The molecule has 1 aromatic heterocycles. The Morgan fingerprint density at radius 3 is 3.05 bits per heavy atom. The van der Waals surface area contributed by atoms with E-state index >= 15 is 0 Å². The van der Waals surface area contributed by atoms with Crippen LogP contribution in [0.3, 0.4) is 0 Å². The predicted molar refractivity (Wildman–Crippen MR) is 82.7 cm³/mol. The van der Waals surface area contributed by atoms with Crippen LogP contribution in [-0.2, 0) is 4.74 Å². The number of rotatable bonds is 3. The molecule has 0 bridgehead atoms. The highest BCUT2D eigenvalue weighted by atomic mass is 35.5. The van der Waals surface area contributed by atoms with Crippen LogP contribution in [0.25, 0.3) is 10.9 Å². The summed E-state index contributed by atoms with van der Waals surface area (Å²) < 4.78 is 5.62. The fourth-order valence-electron chi connectivity index (χ4n) is 2.60. The van der Waals surface area contributed by atoms with E-state index in [4.69, 9.17) is 16.3 Å². The van der Waals surface area contributed by atoms with Gasteiger partial charge in [0.2, 0.25) is 0 Å². The van der Waals surface area contributed by atoms with Crippen molar-refractivity contribution >= 4 is 28.4 Å². The van der Waals surface area contributed by atoms with Gasteiger partial charge in [-0.25, -0.2) is 4.98 Å². The molecule has 110 valence electrons. The number of benzene rings is 1. The third-order valence-electron chi connectivity index (χ3n) is 3.69. The Hall–Kier alpha value is -1.65. The molecule has 1 N–H and O–H groups in total. The normalized spacial score (nSPS) is 18.6. The average molecular weight is 305 g/mol. The van der Waals surface area contributed by atoms with Crippen molar-refractivity contribution in [3.05, 3.63) is 41.0 Å². The summed E-state index contributed by atoms with van der Waals surface area (Å²) >= 11 is 6.00. The summed E-state index contributed by atoms with van der Waals surface area (Å²) in [5, 5.41) is 4.07. The number of nitrogens with one attached hydrogen (secondary N) is 1. The van der Waals surface area contributed by atoms with E-state index in [9.17, 15) is 4.79 Å². The van der Waals surface area contributed by atoms with Gasteiger partial charge in [-0.05, 0) is 31.4 Å². The molecule has 1 atom stereocenters. The number of aromatic nitrogens is 1. The molecule has 0 saturated carbocycles. The Kier molecular flexibility index (Phi) is 4.36. The first-order chi connectivity index (χ1) is 10.2. The lowest BCUT2D eigenvalue weighted by atomic mass is 10.1. The summed E-state index contributed by atoms with van der Waals surface area (Å²) in [4.78, 5) is 16.6. The monoisotopic (exact) mass is 304 g/mol. The molecule has 1 saturated heterocycles. The molecule has 1 amide bonds. The second-order valence-electron chi connectivity index (χ2n) is 5.21. The second-order valence-corrected chi connectivity index (χ2v) is 5.60. The molecule has 21 heavy (non-hydrogen) atoms. The maximum atomic E-state index is 12.4. The van der Waals surface area contributed by atoms with Gasteiger partial charge in [0.05, 0.1) is 17.2 Å². The predicted octanol–water partition coefficient (Wildman–Crippen LogP) is 3.19. The average Bonchev–Trinajstić information content (AvgIpc) is 2.52. The zero-order valence-electron chi connectivity index (χ0n) is 11.6.